The van der Waals surface area contributed by atoms with Crippen molar-refractivity contribution in [1.29, 1.82) is 0 Å². The maximum absolute atomic E-state index is 13.4. The van der Waals surface area contributed by atoms with Crippen LogP contribution in [0.5, 0.6) is 0 Å². The maximum atomic E-state index is 13.4. The van der Waals surface area contributed by atoms with E-state index in [9.17, 15) is 14.0 Å². The van der Waals surface area contributed by atoms with E-state index in [1.807, 2.05) is 43.3 Å². The highest BCUT2D eigenvalue weighted by atomic mass is 19.1. The lowest BCUT2D eigenvalue weighted by Crippen LogP contribution is -2.34. The maximum Gasteiger partial charge on any atom is 0.317 e. The molecule has 0 aliphatic heterocycles. The SMILES string of the molecule is CCOC(=O)[C@H]1C(=O)C=C(c2cccc(N(C)C)c2)C[C@H]1c1ccc(F)cc1. The summed E-state index contributed by atoms with van der Waals surface area (Å²) in [6.07, 6.45) is 2.05. The lowest BCUT2D eigenvalue weighted by Gasteiger charge is -2.29. The molecule has 1 aliphatic carbocycles. The summed E-state index contributed by atoms with van der Waals surface area (Å²) in [7, 11) is 3.91. The number of hydrogen-bond acceptors (Lipinski definition) is 4. The fraction of sp³-hybridized carbons (Fsp3) is 0.304. The van der Waals surface area contributed by atoms with E-state index in [0.717, 1.165) is 22.4 Å². The highest BCUT2D eigenvalue weighted by Crippen LogP contribution is 2.40. The number of nitrogens with zero attached hydrogens (tertiary/aromatic N) is 1. The van der Waals surface area contributed by atoms with Crippen molar-refractivity contribution in [1.82, 2.24) is 0 Å². The van der Waals surface area contributed by atoms with E-state index in [1.54, 1.807) is 25.1 Å². The minimum absolute atomic E-state index is 0.209. The third-order valence-electron chi connectivity index (χ3n) is 5.04. The second kappa shape index (κ2) is 8.38. The van der Waals surface area contributed by atoms with E-state index in [4.69, 9.17) is 4.74 Å². The third-order valence-corrected chi connectivity index (χ3v) is 5.04. The molecule has 0 radical (unpaired) electrons. The predicted octanol–water partition coefficient (Wildman–Crippen LogP) is 4.21. The van der Waals surface area contributed by atoms with E-state index >= 15 is 0 Å². The van der Waals surface area contributed by atoms with Gasteiger partial charge < -0.3 is 9.64 Å². The molecule has 0 bridgehead atoms. The van der Waals surface area contributed by atoms with Crippen LogP contribution in [0.2, 0.25) is 0 Å². The molecule has 2 atom stereocenters. The second-order valence-corrected chi connectivity index (χ2v) is 7.11. The first-order valence-electron chi connectivity index (χ1n) is 9.35. The van der Waals surface area contributed by atoms with Gasteiger partial charge in [0.25, 0.3) is 0 Å². The van der Waals surface area contributed by atoms with Crippen molar-refractivity contribution >= 4 is 23.0 Å². The first-order valence-corrected chi connectivity index (χ1v) is 9.35. The van der Waals surface area contributed by atoms with Crippen LogP contribution < -0.4 is 4.90 Å². The molecule has 0 saturated heterocycles. The van der Waals surface area contributed by atoms with E-state index in [-0.39, 0.29) is 18.2 Å². The molecule has 146 valence electrons. The average Bonchev–Trinajstić information content (AvgIpc) is 2.68. The van der Waals surface area contributed by atoms with E-state index in [2.05, 4.69) is 0 Å². The molecule has 28 heavy (non-hydrogen) atoms. The summed E-state index contributed by atoms with van der Waals surface area (Å²) in [4.78, 5) is 27.4. The van der Waals surface area contributed by atoms with Crippen molar-refractivity contribution < 1.29 is 18.7 Å². The van der Waals surface area contributed by atoms with E-state index in [1.165, 1.54) is 12.1 Å². The van der Waals surface area contributed by atoms with Crippen LogP contribution in [0, 0.1) is 11.7 Å². The van der Waals surface area contributed by atoms with Gasteiger partial charge in [0.2, 0.25) is 0 Å². The fourth-order valence-electron chi connectivity index (χ4n) is 3.59. The number of halogens is 1. The van der Waals surface area contributed by atoms with Crippen LogP contribution in [0.3, 0.4) is 0 Å². The summed E-state index contributed by atoms with van der Waals surface area (Å²) < 4.78 is 18.5. The van der Waals surface area contributed by atoms with E-state index in [0.29, 0.717) is 6.42 Å². The predicted molar refractivity (Wildman–Crippen MR) is 108 cm³/mol. The summed E-state index contributed by atoms with van der Waals surface area (Å²) in [5.74, 6) is -2.46. The Hall–Kier alpha value is -2.95. The molecule has 3 rings (SSSR count). The summed E-state index contributed by atoms with van der Waals surface area (Å²) in [5.41, 5.74) is 3.58. The van der Waals surface area contributed by atoms with Gasteiger partial charge in [0.15, 0.2) is 5.78 Å². The molecule has 0 spiro atoms. The van der Waals surface area contributed by atoms with Gasteiger partial charge in [0.05, 0.1) is 6.61 Å². The highest BCUT2D eigenvalue weighted by Gasteiger charge is 2.39. The van der Waals surface area contributed by atoms with Crippen LogP contribution >= 0.6 is 0 Å². The Labute approximate surface area is 164 Å². The molecular weight excluding hydrogens is 357 g/mol. The van der Waals surface area contributed by atoms with Crippen LogP contribution in [-0.2, 0) is 14.3 Å². The average molecular weight is 381 g/mol. The number of anilines is 1. The Morgan fingerprint density at radius 2 is 1.89 bits per heavy atom. The normalized spacial score (nSPS) is 19.1. The summed E-state index contributed by atoms with van der Waals surface area (Å²) in [5, 5.41) is 0. The number of allylic oxidation sites excluding steroid dienone is 2. The van der Waals surface area contributed by atoms with Crippen LogP contribution in [0.1, 0.15) is 30.4 Å². The Morgan fingerprint density at radius 1 is 1.18 bits per heavy atom. The van der Waals surface area contributed by atoms with Gasteiger partial charge in [-0.05, 0) is 60.4 Å². The lowest BCUT2D eigenvalue weighted by molar-refractivity contribution is -0.151. The highest BCUT2D eigenvalue weighted by molar-refractivity contribution is 6.10. The molecule has 0 heterocycles. The number of ketones is 1. The molecule has 0 unspecified atom stereocenters. The number of carbonyl (C=O) groups excluding carboxylic acids is 2. The minimum Gasteiger partial charge on any atom is -0.465 e. The Bertz CT molecular complexity index is 902. The van der Waals surface area contributed by atoms with Gasteiger partial charge in [-0.15, -0.1) is 0 Å². The molecule has 1 aliphatic rings. The fourth-order valence-corrected chi connectivity index (χ4v) is 3.59. The smallest absolute Gasteiger partial charge is 0.317 e. The quantitative estimate of drug-likeness (QED) is 0.575. The van der Waals surface area contributed by atoms with E-state index < -0.39 is 17.8 Å². The first-order chi connectivity index (χ1) is 13.4. The first kappa shape index (κ1) is 19.8. The van der Waals surface area contributed by atoms with Crippen molar-refractivity contribution in [2.45, 2.75) is 19.3 Å². The minimum atomic E-state index is -0.911. The third kappa shape index (κ3) is 4.14. The number of benzene rings is 2. The molecule has 0 saturated carbocycles. The second-order valence-electron chi connectivity index (χ2n) is 7.11. The number of esters is 1. The van der Waals surface area contributed by atoms with Gasteiger partial charge in [-0.2, -0.15) is 0 Å². The zero-order valence-corrected chi connectivity index (χ0v) is 16.3. The summed E-state index contributed by atoms with van der Waals surface area (Å²) >= 11 is 0. The molecule has 0 fully saturated rings. The van der Waals surface area contributed by atoms with Crippen LogP contribution in [0.4, 0.5) is 10.1 Å². The number of rotatable bonds is 5. The summed E-state index contributed by atoms with van der Waals surface area (Å²) in [6.45, 7) is 1.92. The van der Waals surface area contributed by atoms with Crippen molar-refractivity contribution in [3.63, 3.8) is 0 Å². The molecule has 0 amide bonds. The van der Waals surface area contributed by atoms with Crippen molar-refractivity contribution in [2.24, 2.45) is 5.92 Å². The van der Waals surface area contributed by atoms with Crippen molar-refractivity contribution in [2.75, 3.05) is 25.6 Å². The number of ether oxygens (including phenoxy) is 1. The summed E-state index contributed by atoms with van der Waals surface area (Å²) in [6, 6.07) is 13.9. The zero-order valence-electron chi connectivity index (χ0n) is 16.3. The lowest BCUT2D eigenvalue weighted by atomic mass is 9.73. The van der Waals surface area contributed by atoms with Gasteiger partial charge in [-0.3, -0.25) is 9.59 Å². The zero-order chi connectivity index (χ0) is 20.3. The molecular formula is C23H24FNO3. The molecule has 4 nitrogen and oxygen atoms in total. The Kier molecular flexibility index (Phi) is 5.93. The molecule has 2 aromatic rings. The van der Waals surface area contributed by atoms with Gasteiger partial charge in [-0.1, -0.05) is 24.3 Å². The molecule has 2 aromatic carbocycles. The van der Waals surface area contributed by atoms with Crippen LogP contribution in [-0.4, -0.2) is 32.5 Å². The number of carbonyl (C=O) groups is 2. The Morgan fingerprint density at radius 3 is 2.54 bits per heavy atom. The van der Waals surface area contributed by atoms with Crippen LogP contribution in [0.15, 0.2) is 54.6 Å². The Balaban J connectivity index is 2.02. The van der Waals surface area contributed by atoms with Crippen molar-refractivity contribution in [3.8, 4) is 0 Å². The largest absolute Gasteiger partial charge is 0.465 e. The van der Waals surface area contributed by atoms with Gasteiger partial charge in [0, 0.05) is 25.7 Å². The van der Waals surface area contributed by atoms with Gasteiger partial charge >= 0.3 is 5.97 Å². The van der Waals surface area contributed by atoms with Crippen molar-refractivity contribution in [3.05, 3.63) is 71.6 Å². The number of hydrogen-bond donors (Lipinski definition) is 0. The monoisotopic (exact) mass is 381 g/mol. The van der Waals surface area contributed by atoms with Gasteiger partial charge in [-0.25, -0.2) is 4.39 Å². The van der Waals surface area contributed by atoms with Gasteiger partial charge in [0.1, 0.15) is 11.7 Å². The standard InChI is InChI=1S/C23H24FNO3/c1-4-28-23(27)22-20(15-8-10-18(24)11-9-15)13-17(14-21(22)26)16-6-5-7-19(12-16)25(2)3/h5-12,14,20,22H,4,13H2,1-3H3/t20-,22+/m0/s1. The molecule has 0 aromatic heterocycles. The molecule has 0 N–H and O–H groups in total. The topological polar surface area (TPSA) is 46.6 Å². The molecule has 5 heteroatoms. The van der Waals surface area contributed by atoms with Crippen LogP contribution in [0.25, 0.3) is 5.57 Å².